The smallest absolute Gasteiger partial charge is 0.248 e. The molecule has 2 heterocycles. The maximum Gasteiger partial charge on any atom is 0.248 e. The zero-order valence-corrected chi connectivity index (χ0v) is 19.9. The van der Waals surface area contributed by atoms with Gasteiger partial charge in [0, 0.05) is 58.0 Å². The van der Waals surface area contributed by atoms with Gasteiger partial charge in [-0.1, -0.05) is 6.07 Å². The predicted molar refractivity (Wildman–Crippen MR) is 129 cm³/mol. The summed E-state index contributed by atoms with van der Waals surface area (Å²) in [5.41, 5.74) is 9.97. The van der Waals surface area contributed by atoms with E-state index in [9.17, 15) is 9.00 Å². The number of aryl methyl sites for hydroxylation is 1. The predicted octanol–water partition coefficient (Wildman–Crippen LogP) is 3.54. The third-order valence-electron chi connectivity index (χ3n) is 5.50. The summed E-state index contributed by atoms with van der Waals surface area (Å²) in [6.07, 6.45) is 6.83. The molecule has 1 saturated heterocycles. The first kappa shape index (κ1) is 23.1. The van der Waals surface area contributed by atoms with Crippen LogP contribution in [0.4, 0.5) is 5.69 Å². The van der Waals surface area contributed by atoms with E-state index in [1.54, 1.807) is 24.6 Å². The highest BCUT2D eigenvalue weighted by atomic mass is 32.2. The second-order valence-electron chi connectivity index (χ2n) is 8.54. The normalized spacial score (nSPS) is 14.9. The van der Waals surface area contributed by atoms with E-state index < -0.39 is 15.6 Å². The van der Waals surface area contributed by atoms with Gasteiger partial charge in [0.1, 0.15) is 18.2 Å². The topological polar surface area (TPSA) is 117 Å². The summed E-state index contributed by atoms with van der Waals surface area (Å²) in [6.45, 7) is 3.28. The highest BCUT2D eigenvalue weighted by Gasteiger charge is 2.19. The molecule has 0 unspecified atom stereocenters. The molecule has 2 aromatic carbocycles. The lowest BCUT2D eigenvalue weighted by Crippen LogP contribution is -2.26. The summed E-state index contributed by atoms with van der Waals surface area (Å²) in [5.74, 6) is 0.132. The monoisotopic (exact) mass is 468 g/mol. The van der Waals surface area contributed by atoms with Gasteiger partial charge < -0.3 is 15.2 Å². The zero-order chi connectivity index (χ0) is 23.6. The summed E-state index contributed by atoms with van der Waals surface area (Å²) in [5, 5.41) is 0.922. The SMILES string of the molecule is Cc1cc(N=S(C)(C)=O)cc2ncnc(Cc3ccc(C(N)=O)cc3OC3CCOCC3)c12. The maximum atomic E-state index is 12.1. The van der Waals surface area contributed by atoms with Crippen molar-refractivity contribution in [1.29, 1.82) is 0 Å². The Morgan fingerprint density at radius 3 is 2.67 bits per heavy atom. The van der Waals surface area contributed by atoms with E-state index in [1.165, 1.54) is 6.33 Å². The molecule has 33 heavy (non-hydrogen) atoms. The number of hydrogen-bond donors (Lipinski definition) is 1. The van der Waals surface area contributed by atoms with E-state index in [0.717, 1.165) is 40.6 Å². The van der Waals surface area contributed by atoms with Crippen molar-refractivity contribution < 1.29 is 18.5 Å². The first-order valence-corrected chi connectivity index (χ1v) is 13.1. The van der Waals surface area contributed by atoms with Crippen LogP contribution in [0.15, 0.2) is 41.0 Å². The molecule has 0 spiro atoms. The number of rotatable bonds is 6. The highest BCUT2D eigenvalue weighted by molar-refractivity contribution is 7.92. The van der Waals surface area contributed by atoms with Gasteiger partial charge in [0.05, 0.1) is 30.1 Å². The third kappa shape index (κ3) is 5.66. The number of amides is 1. The number of fused-ring (bicyclic) bond motifs is 1. The molecule has 9 heteroatoms. The van der Waals surface area contributed by atoms with Crippen molar-refractivity contribution in [1.82, 2.24) is 9.97 Å². The highest BCUT2D eigenvalue weighted by Crippen LogP contribution is 2.31. The largest absolute Gasteiger partial charge is 0.490 e. The van der Waals surface area contributed by atoms with E-state index in [4.69, 9.17) is 15.2 Å². The van der Waals surface area contributed by atoms with Crippen LogP contribution in [0.2, 0.25) is 0 Å². The summed E-state index contributed by atoms with van der Waals surface area (Å²) in [4.78, 5) is 20.7. The molecule has 4 rings (SSSR count). The number of ether oxygens (including phenoxy) is 2. The number of carbonyl (C=O) groups is 1. The Labute approximate surface area is 193 Å². The van der Waals surface area contributed by atoms with Gasteiger partial charge >= 0.3 is 0 Å². The van der Waals surface area contributed by atoms with E-state index in [0.29, 0.717) is 36.6 Å². The van der Waals surface area contributed by atoms with Crippen molar-refractivity contribution in [2.45, 2.75) is 32.3 Å². The minimum atomic E-state index is -2.28. The van der Waals surface area contributed by atoms with Gasteiger partial charge in [-0.25, -0.2) is 14.2 Å². The Balaban J connectivity index is 1.74. The molecule has 0 saturated carbocycles. The van der Waals surface area contributed by atoms with Gasteiger partial charge in [-0.2, -0.15) is 4.36 Å². The van der Waals surface area contributed by atoms with E-state index >= 15 is 0 Å². The number of nitrogens with zero attached hydrogens (tertiary/aromatic N) is 3. The standard InChI is InChI=1S/C24H28N4O4S/c1-15-10-18(28-33(2,3)30)13-21-23(15)20(26-14-27-21)11-16-4-5-17(24(25)29)12-22(16)32-19-6-8-31-9-7-19/h4-5,10,12-14,19H,6-9,11H2,1-3H3,(H2,25,29). The second kappa shape index (κ2) is 9.44. The Hall–Kier alpha value is -3.04. The average Bonchev–Trinajstić information content (AvgIpc) is 2.74. The van der Waals surface area contributed by atoms with Crippen molar-refractivity contribution >= 4 is 32.2 Å². The quantitative estimate of drug-likeness (QED) is 0.591. The van der Waals surface area contributed by atoms with Crippen LogP contribution in [0.25, 0.3) is 10.9 Å². The van der Waals surface area contributed by atoms with Gasteiger partial charge in [-0.15, -0.1) is 0 Å². The lowest BCUT2D eigenvalue weighted by atomic mass is 10.00. The summed E-state index contributed by atoms with van der Waals surface area (Å²) in [7, 11) is -2.28. The molecule has 3 aromatic rings. The van der Waals surface area contributed by atoms with Crippen LogP contribution in [-0.4, -0.2) is 51.9 Å². The van der Waals surface area contributed by atoms with E-state index in [2.05, 4.69) is 14.3 Å². The Bertz CT molecular complexity index is 1320. The molecule has 1 aromatic heterocycles. The van der Waals surface area contributed by atoms with Crippen molar-refractivity contribution in [2.24, 2.45) is 10.1 Å². The first-order valence-electron chi connectivity index (χ1n) is 10.8. The molecule has 0 bridgehead atoms. The van der Waals surface area contributed by atoms with Crippen LogP contribution >= 0.6 is 0 Å². The Kier molecular flexibility index (Phi) is 6.62. The molecule has 1 amide bonds. The minimum Gasteiger partial charge on any atom is -0.490 e. The second-order valence-corrected chi connectivity index (χ2v) is 11.1. The van der Waals surface area contributed by atoms with Crippen molar-refractivity contribution in [2.75, 3.05) is 25.7 Å². The van der Waals surface area contributed by atoms with Gasteiger partial charge in [-0.05, 0) is 36.8 Å². The van der Waals surface area contributed by atoms with Gasteiger partial charge in [-0.3, -0.25) is 4.79 Å². The fourth-order valence-electron chi connectivity index (χ4n) is 4.01. The number of benzene rings is 2. The molecule has 1 fully saturated rings. The molecular weight excluding hydrogens is 440 g/mol. The molecule has 0 radical (unpaired) electrons. The number of nitrogens with two attached hydrogens (primary N) is 1. The van der Waals surface area contributed by atoms with Crippen LogP contribution in [0.3, 0.4) is 0 Å². The maximum absolute atomic E-state index is 12.1. The molecule has 0 atom stereocenters. The van der Waals surface area contributed by atoms with Crippen molar-refractivity contribution in [3.8, 4) is 5.75 Å². The van der Waals surface area contributed by atoms with Crippen molar-refractivity contribution in [3.05, 3.63) is 59.0 Å². The van der Waals surface area contributed by atoms with Crippen LogP contribution in [-0.2, 0) is 20.9 Å². The number of hydrogen-bond acceptors (Lipinski definition) is 7. The fourth-order valence-corrected chi connectivity index (χ4v) is 4.62. The molecule has 174 valence electrons. The molecule has 0 aliphatic carbocycles. The number of primary amides is 1. The molecule has 1 aliphatic rings. The average molecular weight is 469 g/mol. The van der Waals surface area contributed by atoms with Crippen LogP contribution < -0.4 is 10.5 Å². The Morgan fingerprint density at radius 2 is 1.97 bits per heavy atom. The lowest BCUT2D eigenvalue weighted by molar-refractivity contribution is 0.0252. The minimum absolute atomic E-state index is 0.0200. The van der Waals surface area contributed by atoms with E-state index in [-0.39, 0.29) is 6.10 Å². The van der Waals surface area contributed by atoms with Crippen molar-refractivity contribution in [3.63, 3.8) is 0 Å². The lowest BCUT2D eigenvalue weighted by Gasteiger charge is -2.25. The number of carbonyl (C=O) groups excluding carboxylic acids is 1. The molecular formula is C24H28N4O4S. The third-order valence-corrected chi connectivity index (χ3v) is 6.15. The summed E-state index contributed by atoms with van der Waals surface area (Å²) >= 11 is 0. The summed E-state index contributed by atoms with van der Waals surface area (Å²) < 4.78 is 28.2. The summed E-state index contributed by atoms with van der Waals surface area (Å²) in [6, 6.07) is 9.01. The van der Waals surface area contributed by atoms with Gasteiger partial charge in [0.25, 0.3) is 0 Å². The molecule has 2 N–H and O–H groups in total. The molecule has 8 nitrogen and oxygen atoms in total. The van der Waals surface area contributed by atoms with Crippen LogP contribution in [0.5, 0.6) is 5.75 Å². The zero-order valence-electron chi connectivity index (χ0n) is 19.0. The first-order chi connectivity index (χ1) is 15.7. The molecule has 1 aliphatic heterocycles. The van der Waals surface area contributed by atoms with E-state index in [1.807, 2.05) is 25.1 Å². The van der Waals surface area contributed by atoms with Gasteiger partial charge in [0.15, 0.2) is 0 Å². The number of aromatic nitrogens is 2. The van der Waals surface area contributed by atoms with Gasteiger partial charge in [0.2, 0.25) is 5.91 Å². The van der Waals surface area contributed by atoms with Crippen LogP contribution in [0, 0.1) is 6.92 Å². The Morgan fingerprint density at radius 1 is 1.21 bits per heavy atom. The fraction of sp³-hybridized carbons (Fsp3) is 0.375. The van der Waals surface area contributed by atoms with Crippen LogP contribution in [0.1, 0.15) is 40.0 Å².